The fourth-order valence-corrected chi connectivity index (χ4v) is 3.72. The van der Waals surface area contributed by atoms with E-state index < -0.39 is 0 Å². The van der Waals surface area contributed by atoms with Crippen molar-refractivity contribution in [3.05, 3.63) is 60.0 Å². The molecule has 1 aliphatic rings. The van der Waals surface area contributed by atoms with Crippen molar-refractivity contribution in [3.8, 4) is 17.1 Å². The van der Waals surface area contributed by atoms with E-state index in [4.69, 9.17) is 9.52 Å². The molecule has 3 heterocycles. The van der Waals surface area contributed by atoms with E-state index in [-0.39, 0.29) is 5.91 Å². The molecular formula is C22H26N4O2. The minimum atomic E-state index is 0.0118. The Bertz CT molecular complexity index is 958. The molecule has 2 aromatic heterocycles. The van der Waals surface area contributed by atoms with Gasteiger partial charge >= 0.3 is 0 Å². The van der Waals surface area contributed by atoms with Crippen LogP contribution in [0.15, 0.2) is 53.1 Å². The van der Waals surface area contributed by atoms with Gasteiger partial charge in [-0.3, -0.25) is 4.79 Å². The molecule has 6 heteroatoms. The Balaban J connectivity index is 1.72. The number of hydrogen-bond donors (Lipinski definition) is 0. The van der Waals surface area contributed by atoms with Crippen LogP contribution in [0.3, 0.4) is 0 Å². The number of hydrogen-bond acceptors (Lipinski definition) is 4. The molecule has 0 N–H and O–H groups in total. The predicted molar refractivity (Wildman–Crippen MR) is 109 cm³/mol. The lowest BCUT2D eigenvalue weighted by Gasteiger charge is -2.36. The summed E-state index contributed by atoms with van der Waals surface area (Å²) in [4.78, 5) is 17.6. The number of carbonyl (C=O) groups is 1. The van der Waals surface area contributed by atoms with Gasteiger partial charge in [0.1, 0.15) is 11.5 Å². The number of amides is 1. The lowest BCUT2D eigenvalue weighted by Crippen LogP contribution is -2.47. The van der Waals surface area contributed by atoms with Crippen molar-refractivity contribution in [2.24, 2.45) is 0 Å². The number of aryl methyl sites for hydroxylation is 1. The molecule has 6 nitrogen and oxygen atoms in total. The van der Waals surface area contributed by atoms with Crippen LogP contribution in [0, 0.1) is 6.92 Å². The Labute approximate surface area is 165 Å². The van der Waals surface area contributed by atoms with Crippen LogP contribution in [0.5, 0.6) is 0 Å². The van der Waals surface area contributed by atoms with Crippen molar-refractivity contribution >= 4 is 5.91 Å². The second-order valence-electron chi connectivity index (χ2n) is 7.59. The summed E-state index contributed by atoms with van der Waals surface area (Å²) in [6, 6.07) is 14.0. The summed E-state index contributed by atoms with van der Waals surface area (Å²) < 4.78 is 7.56. The van der Waals surface area contributed by atoms with Crippen molar-refractivity contribution in [2.45, 2.75) is 25.8 Å². The van der Waals surface area contributed by atoms with Crippen molar-refractivity contribution in [2.75, 3.05) is 27.2 Å². The van der Waals surface area contributed by atoms with Crippen LogP contribution >= 0.6 is 0 Å². The number of para-hydroxylation sites is 1. The number of piperidine rings is 1. The highest BCUT2D eigenvalue weighted by molar-refractivity contribution is 5.99. The Hall–Kier alpha value is -2.86. The maximum absolute atomic E-state index is 13.4. The van der Waals surface area contributed by atoms with E-state index in [1.807, 2.05) is 60.5 Å². The molecule has 1 unspecified atom stereocenters. The number of benzene rings is 1. The zero-order chi connectivity index (χ0) is 19.7. The first-order valence-electron chi connectivity index (χ1n) is 9.70. The minimum absolute atomic E-state index is 0.0118. The zero-order valence-electron chi connectivity index (χ0n) is 16.6. The molecule has 1 aromatic carbocycles. The molecule has 4 rings (SSSR count). The first-order valence-corrected chi connectivity index (χ1v) is 9.70. The molecule has 0 aliphatic carbocycles. The third-order valence-corrected chi connectivity index (χ3v) is 5.35. The first-order chi connectivity index (χ1) is 13.5. The molecule has 146 valence electrons. The number of likely N-dealkylation sites (tertiary alicyclic amines) is 1. The van der Waals surface area contributed by atoms with Gasteiger partial charge in [0.25, 0.3) is 5.91 Å². The van der Waals surface area contributed by atoms with Gasteiger partial charge in [0.15, 0.2) is 5.76 Å². The van der Waals surface area contributed by atoms with Gasteiger partial charge in [0.2, 0.25) is 0 Å². The Morgan fingerprint density at radius 1 is 1.18 bits per heavy atom. The standard InChI is InChI=1S/C22H26N4O2/c1-16-11-12-20(28-16)21-19(15-26(23-21)17-8-5-4-6-9-17)22(27)25-13-7-10-18(14-25)24(2)3/h4-6,8-9,11-12,15,18H,7,10,13-14H2,1-3H3. The van der Waals surface area contributed by atoms with Crippen molar-refractivity contribution in [3.63, 3.8) is 0 Å². The van der Waals surface area contributed by atoms with E-state index >= 15 is 0 Å². The Morgan fingerprint density at radius 2 is 1.96 bits per heavy atom. The summed E-state index contributed by atoms with van der Waals surface area (Å²) in [5, 5.41) is 4.70. The molecule has 3 aromatic rings. The van der Waals surface area contributed by atoms with E-state index in [1.54, 1.807) is 4.68 Å². The van der Waals surface area contributed by atoms with Crippen LogP contribution in [0.2, 0.25) is 0 Å². The van der Waals surface area contributed by atoms with Crippen molar-refractivity contribution < 1.29 is 9.21 Å². The molecule has 0 saturated carbocycles. The molecule has 0 spiro atoms. The van der Waals surface area contributed by atoms with Gasteiger partial charge < -0.3 is 14.2 Å². The van der Waals surface area contributed by atoms with Gasteiger partial charge in [-0.1, -0.05) is 18.2 Å². The minimum Gasteiger partial charge on any atom is -0.460 e. The van der Waals surface area contributed by atoms with Crippen LogP contribution in [0.4, 0.5) is 0 Å². The topological polar surface area (TPSA) is 54.5 Å². The van der Waals surface area contributed by atoms with Crippen molar-refractivity contribution in [1.29, 1.82) is 0 Å². The van der Waals surface area contributed by atoms with E-state index in [9.17, 15) is 4.79 Å². The fraction of sp³-hybridized carbons (Fsp3) is 0.364. The summed E-state index contributed by atoms with van der Waals surface area (Å²) in [6.07, 6.45) is 3.95. The van der Waals surface area contributed by atoms with Crippen LogP contribution in [-0.2, 0) is 0 Å². The molecule has 0 radical (unpaired) electrons. The molecule has 1 aliphatic heterocycles. The average Bonchev–Trinajstić information content (AvgIpc) is 3.34. The Kier molecular flexibility index (Phi) is 5.05. The maximum atomic E-state index is 13.4. The molecular weight excluding hydrogens is 352 g/mol. The fourth-order valence-electron chi connectivity index (χ4n) is 3.72. The van der Waals surface area contributed by atoms with Crippen LogP contribution in [0.1, 0.15) is 29.0 Å². The largest absolute Gasteiger partial charge is 0.460 e. The highest BCUT2D eigenvalue weighted by Crippen LogP contribution is 2.28. The number of aromatic nitrogens is 2. The number of rotatable bonds is 4. The highest BCUT2D eigenvalue weighted by atomic mass is 16.3. The second kappa shape index (κ2) is 7.64. The van der Waals surface area contributed by atoms with E-state index in [0.29, 0.717) is 23.1 Å². The van der Waals surface area contributed by atoms with Crippen LogP contribution in [-0.4, -0.2) is 58.7 Å². The van der Waals surface area contributed by atoms with E-state index in [2.05, 4.69) is 19.0 Å². The quantitative estimate of drug-likeness (QED) is 0.696. The van der Waals surface area contributed by atoms with Crippen LogP contribution in [0.25, 0.3) is 17.1 Å². The lowest BCUT2D eigenvalue weighted by molar-refractivity contribution is 0.0635. The molecule has 0 bridgehead atoms. The zero-order valence-corrected chi connectivity index (χ0v) is 16.6. The smallest absolute Gasteiger partial charge is 0.257 e. The third kappa shape index (κ3) is 3.60. The van der Waals surface area contributed by atoms with Gasteiger partial charge in [-0.2, -0.15) is 5.10 Å². The van der Waals surface area contributed by atoms with Crippen molar-refractivity contribution in [1.82, 2.24) is 19.6 Å². The molecule has 28 heavy (non-hydrogen) atoms. The van der Waals surface area contributed by atoms with Crippen LogP contribution < -0.4 is 0 Å². The summed E-state index contributed by atoms with van der Waals surface area (Å²) in [5.41, 5.74) is 2.09. The van der Waals surface area contributed by atoms with Gasteiger partial charge in [-0.15, -0.1) is 0 Å². The van der Waals surface area contributed by atoms with Gasteiger partial charge in [-0.25, -0.2) is 4.68 Å². The second-order valence-corrected chi connectivity index (χ2v) is 7.59. The molecule has 1 amide bonds. The SMILES string of the molecule is Cc1ccc(-c2nn(-c3ccccc3)cc2C(=O)N2CCCC(N(C)C)C2)o1. The number of nitrogens with zero attached hydrogens (tertiary/aromatic N) is 4. The lowest BCUT2D eigenvalue weighted by atomic mass is 10.0. The molecule has 1 atom stereocenters. The van der Waals surface area contributed by atoms with Gasteiger partial charge in [0.05, 0.1) is 11.3 Å². The molecule has 1 saturated heterocycles. The van der Waals surface area contributed by atoms with Gasteiger partial charge in [0, 0.05) is 25.3 Å². The van der Waals surface area contributed by atoms with E-state index in [0.717, 1.165) is 37.4 Å². The summed E-state index contributed by atoms with van der Waals surface area (Å²) in [5.74, 6) is 1.43. The Morgan fingerprint density at radius 3 is 2.64 bits per heavy atom. The monoisotopic (exact) mass is 378 g/mol. The molecule has 1 fully saturated rings. The predicted octanol–water partition coefficient (Wildman–Crippen LogP) is 3.61. The average molecular weight is 378 g/mol. The number of likely N-dealkylation sites (N-methyl/N-ethyl adjacent to an activating group) is 1. The third-order valence-electron chi connectivity index (χ3n) is 5.35. The maximum Gasteiger partial charge on any atom is 0.257 e. The van der Waals surface area contributed by atoms with Gasteiger partial charge in [-0.05, 0) is 58.1 Å². The first kappa shape index (κ1) is 18.5. The summed E-state index contributed by atoms with van der Waals surface area (Å²) in [7, 11) is 4.15. The van der Waals surface area contributed by atoms with E-state index in [1.165, 1.54) is 0 Å². The number of furan rings is 1. The highest BCUT2D eigenvalue weighted by Gasteiger charge is 2.29. The normalized spacial score (nSPS) is 17.3. The summed E-state index contributed by atoms with van der Waals surface area (Å²) in [6.45, 7) is 3.40. The summed E-state index contributed by atoms with van der Waals surface area (Å²) >= 11 is 0. The number of carbonyl (C=O) groups excluding carboxylic acids is 1.